The van der Waals surface area contributed by atoms with Crippen LogP contribution in [0.25, 0.3) is 17.2 Å². The lowest BCUT2D eigenvalue weighted by Gasteiger charge is -2.29. The Morgan fingerprint density at radius 1 is 0.690 bits per heavy atom. The van der Waals surface area contributed by atoms with Crippen molar-refractivity contribution in [1.82, 2.24) is 0 Å². The standard InChI is InChI=1S/C27H28N2/c1-2-7-22(8-3-1)9-6-14-28-15-17-29(18-16-28)21-23-12-13-27-25(19-23)20-24-10-4-5-11-26(24)27/h1-13,19H,14-18,20-21H2/p+2/b9-6+. The summed E-state index contributed by atoms with van der Waals surface area (Å²) in [6.45, 7) is 7.38. The van der Waals surface area contributed by atoms with Crippen molar-refractivity contribution < 1.29 is 9.80 Å². The van der Waals surface area contributed by atoms with E-state index in [9.17, 15) is 0 Å². The van der Waals surface area contributed by atoms with E-state index in [2.05, 4.69) is 84.9 Å². The number of benzene rings is 3. The molecule has 3 aromatic rings. The Hall–Kier alpha value is -2.68. The molecule has 0 radical (unpaired) electrons. The lowest BCUT2D eigenvalue weighted by molar-refractivity contribution is -1.02. The van der Waals surface area contributed by atoms with E-state index in [0.717, 1.165) is 19.5 Å². The highest BCUT2D eigenvalue weighted by molar-refractivity contribution is 5.76. The van der Waals surface area contributed by atoms with Crippen molar-refractivity contribution in [1.29, 1.82) is 0 Å². The van der Waals surface area contributed by atoms with Crippen molar-refractivity contribution >= 4 is 6.08 Å². The van der Waals surface area contributed by atoms with Gasteiger partial charge in [0.15, 0.2) is 0 Å². The molecule has 2 nitrogen and oxygen atoms in total. The van der Waals surface area contributed by atoms with Crippen LogP contribution in [-0.4, -0.2) is 32.7 Å². The molecule has 2 aliphatic rings. The van der Waals surface area contributed by atoms with Crippen LogP contribution in [0, 0.1) is 0 Å². The normalized spacial score (nSPS) is 20.6. The third-order valence-corrected chi connectivity index (χ3v) is 6.49. The van der Waals surface area contributed by atoms with E-state index >= 15 is 0 Å². The molecule has 0 spiro atoms. The maximum Gasteiger partial charge on any atom is 0.127 e. The summed E-state index contributed by atoms with van der Waals surface area (Å²) in [7, 11) is 0. The first-order valence-electron chi connectivity index (χ1n) is 10.9. The molecular weight excluding hydrogens is 352 g/mol. The zero-order valence-corrected chi connectivity index (χ0v) is 17.0. The number of nitrogens with one attached hydrogen (secondary N) is 2. The molecule has 5 rings (SSSR count). The summed E-state index contributed by atoms with van der Waals surface area (Å²) in [4.78, 5) is 3.45. The van der Waals surface area contributed by atoms with Gasteiger partial charge in [0.25, 0.3) is 0 Å². The van der Waals surface area contributed by atoms with Crippen LogP contribution < -0.4 is 9.80 Å². The van der Waals surface area contributed by atoms with Crippen molar-refractivity contribution in [3.63, 3.8) is 0 Å². The summed E-state index contributed by atoms with van der Waals surface area (Å²) in [5, 5.41) is 0. The van der Waals surface area contributed by atoms with Crippen LogP contribution in [0.5, 0.6) is 0 Å². The number of hydrogen-bond acceptors (Lipinski definition) is 0. The van der Waals surface area contributed by atoms with Gasteiger partial charge in [-0.15, -0.1) is 0 Å². The van der Waals surface area contributed by atoms with E-state index in [-0.39, 0.29) is 0 Å². The van der Waals surface area contributed by atoms with Gasteiger partial charge in [0.1, 0.15) is 32.7 Å². The van der Waals surface area contributed by atoms with Gasteiger partial charge in [0.2, 0.25) is 0 Å². The predicted octanol–water partition coefficient (Wildman–Crippen LogP) is 2.25. The highest BCUT2D eigenvalue weighted by Crippen LogP contribution is 2.36. The molecule has 29 heavy (non-hydrogen) atoms. The fraction of sp³-hybridized carbons (Fsp3) is 0.259. The number of quaternary nitrogens is 2. The Morgan fingerprint density at radius 2 is 1.41 bits per heavy atom. The fourth-order valence-electron chi connectivity index (χ4n) is 4.86. The van der Waals surface area contributed by atoms with Crippen LogP contribution in [-0.2, 0) is 13.0 Å². The second kappa shape index (κ2) is 8.36. The number of fused-ring (bicyclic) bond motifs is 3. The number of piperazine rings is 1. The molecule has 0 unspecified atom stereocenters. The number of hydrogen-bond donors (Lipinski definition) is 2. The van der Waals surface area contributed by atoms with Gasteiger partial charge >= 0.3 is 0 Å². The molecule has 1 fully saturated rings. The smallest absolute Gasteiger partial charge is 0.127 e. The lowest BCUT2D eigenvalue weighted by Crippen LogP contribution is -3.27. The SMILES string of the molecule is C(=C\c1ccccc1)/C[NH+]1CC[NH+](Cc2ccc3c(c2)Cc2ccccc2-3)CC1. The topological polar surface area (TPSA) is 8.88 Å². The van der Waals surface area contributed by atoms with E-state index in [1.807, 2.05) is 0 Å². The summed E-state index contributed by atoms with van der Waals surface area (Å²) >= 11 is 0. The molecule has 1 saturated heterocycles. The molecule has 1 aliphatic heterocycles. The molecule has 2 heteroatoms. The molecule has 0 bridgehead atoms. The van der Waals surface area contributed by atoms with Crippen molar-refractivity contribution in [3.05, 3.63) is 101 Å². The van der Waals surface area contributed by atoms with Gasteiger partial charge in [-0.25, -0.2) is 0 Å². The van der Waals surface area contributed by atoms with Gasteiger partial charge in [-0.2, -0.15) is 0 Å². The summed E-state index contributed by atoms with van der Waals surface area (Å²) in [5.74, 6) is 0. The molecule has 0 atom stereocenters. The second-order valence-electron chi connectivity index (χ2n) is 8.52. The first kappa shape index (κ1) is 18.4. The minimum atomic E-state index is 1.10. The number of rotatable bonds is 5. The van der Waals surface area contributed by atoms with Crippen LogP contribution in [0.2, 0.25) is 0 Å². The van der Waals surface area contributed by atoms with Crippen molar-refractivity contribution in [2.24, 2.45) is 0 Å². The largest absolute Gasteiger partial charge is 0.322 e. The van der Waals surface area contributed by atoms with Crippen molar-refractivity contribution in [2.75, 3.05) is 32.7 Å². The Kier molecular flexibility index (Phi) is 5.29. The minimum Gasteiger partial charge on any atom is -0.322 e. The van der Waals surface area contributed by atoms with Crippen LogP contribution in [0.3, 0.4) is 0 Å². The summed E-state index contributed by atoms with van der Waals surface area (Å²) in [6, 6.07) is 26.6. The predicted molar refractivity (Wildman–Crippen MR) is 120 cm³/mol. The second-order valence-corrected chi connectivity index (χ2v) is 8.52. The molecule has 0 saturated carbocycles. The Bertz CT molecular complexity index is 998. The average Bonchev–Trinajstić information content (AvgIpc) is 3.13. The first-order valence-corrected chi connectivity index (χ1v) is 10.9. The average molecular weight is 383 g/mol. The van der Waals surface area contributed by atoms with Crippen molar-refractivity contribution in [3.8, 4) is 11.1 Å². The van der Waals surface area contributed by atoms with E-state index in [1.54, 1.807) is 9.80 Å². The Morgan fingerprint density at radius 3 is 2.28 bits per heavy atom. The van der Waals surface area contributed by atoms with Gasteiger partial charge in [0.05, 0.1) is 6.54 Å². The molecule has 1 aliphatic carbocycles. The first-order chi connectivity index (χ1) is 14.3. The minimum absolute atomic E-state index is 1.10. The maximum atomic E-state index is 2.46. The third kappa shape index (κ3) is 4.19. The maximum absolute atomic E-state index is 2.46. The molecule has 146 valence electrons. The van der Waals surface area contributed by atoms with Crippen molar-refractivity contribution in [2.45, 2.75) is 13.0 Å². The van der Waals surface area contributed by atoms with Gasteiger partial charge in [-0.05, 0) is 46.4 Å². The highest BCUT2D eigenvalue weighted by Gasteiger charge is 2.23. The zero-order chi connectivity index (χ0) is 19.5. The zero-order valence-electron chi connectivity index (χ0n) is 17.0. The molecular formula is C27H30N2+2. The van der Waals surface area contributed by atoms with Crippen LogP contribution in [0.1, 0.15) is 22.3 Å². The highest BCUT2D eigenvalue weighted by atomic mass is 15.3. The van der Waals surface area contributed by atoms with Gasteiger partial charge in [0, 0.05) is 5.56 Å². The molecule has 3 aromatic carbocycles. The van der Waals surface area contributed by atoms with E-state index in [4.69, 9.17) is 0 Å². The van der Waals surface area contributed by atoms with E-state index < -0.39 is 0 Å². The monoisotopic (exact) mass is 382 g/mol. The van der Waals surface area contributed by atoms with E-state index in [1.165, 1.54) is 59.6 Å². The van der Waals surface area contributed by atoms with Crippen LogP contribution >= 0.6 is 0 Å². The molecule has 1 heterocycles. The Balaban J connectivity index is 1.14. The quantitative estimate of drug-likeness (QED) is 0.524. The lowest BCUT2D eigenvalue weighted by atomic mass is 10.0. The fourth-order valence-corrected chi connectivity index (χ4v) is 4.86. The summed E-state index contributed by atoms with van der Waals surface area (Å²) < 4.78 is 0. The molecule has 0 aromatic heterocycles. The Labute approximate surface area is 174 Å². The van der Waals surface area contributed by atoms with Gasteiger partial charge in [-0.3, -0.25) is 0 Å². The summed E-state index contributed by atoms with van der Waals surface area (Å²) in [6.07, 6.45) is 5.70. The van der Waals surface area contributed by atoms with E-state index in [0.29, 0.717) is 0 Å². The van der Waals surface area contributed by atoms with Crippen LogP contribution in [0.4, 0.5) is 0 Å². The van der Waals surface area contributed by atoms with Gasteiger partial charge in [-0.1, -0.05) is 72.8 Å². The van der Waals surface area contributed by atoms with Gasteiger partial charge < -0.3 is 9.80 Å². The third-order valence-electron chi connectivity index (χ3n) is 6.49. The molecule has 0 amide bonds. The summed E-state index contributed by atoms with van der Waals surface area (Å²) in [5.41, 5.74) is 8.67. The molecule has 2 N–H and O–H groups in total. The van der Waals surface area contributed by atoms with Crippen LogP contribution in [0.15, 0.2) is 78.9 Å².